The van der Waals surface area contributed by atoms with E-state index in [2.05, 4.69) is 184 Å². The fourth-order valence-electron chi connectivity index (χ4n) is 12.1. The molecule has 0 bridgehead atoms. The van der Waals surface area contributed by atoms with Gasteiger partial charge in [0.2, 0.25) is 0 Å². The second-order valence-electron chi connectivity index (χ2n) is 18.0. The van der Waals surface area contributed by atoms with Gasteiger partial charge in [-0.05, 0) is 56.6 Å². The molecule has 4 aromatic heterocycles. The Balaban J connectivity index is 0.868. The number of hydrogen-bond donors (Lipinski definition) is 0. The second kappa shape index (κ2) is 12.2. The Bertz CT molecular complexity index is 4260. The summed E-state index contributed by atoms with van der Waals surface area (Å²) in [5, 5.41) is 4.90. The van der Waals surface area contributed by atoms with Crippen LogP contribution in [0, 0.1) is 0 Å². The molecule has 0 N–H and O–H groups in total. The van der Waals surface area contributed by atoms with E-state index < -0.39 is 0 Å². The van der Waals surface area contributed by atoms with Crippen LogP contribution in [0.1, 0.15) is 16.7 Å². The number of fused-ring (bicyclic) bond motifs is 14. The van der Waals surface area contributed by atoms with Crippen LogP contribution in [0.4, 0.5) is 0 Å². The standard InChI is InChI=1S/C59H35N5O/c1-2-12-34(13-3-1)58-60-45-28-47-51(53-40-17-6-4-14-36(40)30-63(58)56(45)53)44-22-11-21-43-50-38(32-62(47)55(43)44)16-10-20-39(50)33-24-26-35(27-25-33)59-61-46-29-49-52(42-19-8-9-23-48(42)65-49)54-41-18-7-5-15-37(41)31-64(59)57(46)54/h1-29H,30-32H2. The van der Waals surface area contributed by atoms with Crippen LogP contribution in [0.15, 0.2) is 180 Å². The lowest BCUT2D eigenvalue weighted by Crippen LogP contribution is -2.09. The maximum absolute atomic E-state index is 6.48. The van der Waals surface area contributed by atoms with Crippen LogP contribution in [0.2, 0.25) is 0 Å². The molecule has 9 aromatic carbocycles. The minimum Gasteiger partial charge on any atom is -0.456 e. The Hall–Kier alpha value is -8.48. The second-order valence-corrected chi connectivity index (χ2v) is 18.0. The first-order chi connectivity index (χ1) is 32.2. The summed E-state index contributed by atoms with van der Waals surface area (Å²) in [7, 11) is 0. The van der Waals surface area contributed by atoms with Crippen LogP contribution in [-0.4, -0.2) is 23.7 Å². The zero-order chi connectivity index (χ0) is 42.1. The van der Waals surface area contributed by atoms with E-state index in [4.69, 9.17) is 14.4 Å². The molecular weight excluding hydrogens is 795 g/mol. The SMILES string of the molecule is c1ccc(-c2nc3cc4c(c5c3n2Cc2ccccc2-5)c2cccc3c2n4Cc2cccc(-c4ccc(-c5nc6cc7oc8ccccc8c7c7c6n5Cc5ccccc5-7)cc4)c2-3)cc1. The maximum atomic E-state index is 6.48. The Morgan fingerprint density at radius 1 is 0.369 bits per heavy atom. The van der Waals surface area contributed by atoms with E-state index in [0.717, 1.165) is 75.4 Å². The summed E-state index contributed by atoms with van der Waals surface area (Å²) >= 11 is 0. The third-order valence-electron chi connectivity index (χ3n) is 14.7. The zero-order valence-corrected chi connectivity index (χ0v) is 35.0. The lowest BCUT2D eigenvalue weighted by molar-refractivity contribution is 0.669. The van der Waals surface area contributed by atoms with E-state index in [1.807, 2.05) is 6.07 Å². The van der Waals surface area contributed by atoms with Gasteiger partial charge in [-0.3, -0.25) is 0 Å². The van der Waals surface area contributed by atoms with Gasteiger partial charge in [0.05, 0.1) is 46.2 Å². The normalized spacial score (nSPS) is 13.4. The number of aromatic nitrogens is 5. The van der Waals surface area contributed by atoms with E-state index in [-0.39, 0.29) is 0 Å². The van der Waals surface area contributed by atoms with Crippen molar-refractivity contribution in [1.82, 2.24) is 23.7 Å². The molecular formula is C59H35N5O. The minimum atomic E-state index is 0.761. The lowest BCUT2D eigenvalue weighted by atomic mass is 9.87. The number of para-hydroxylation sites is 2. The molecule has 0 radical (unpaired) electrons. The monoisotopic (exact) mass is 829 g/mol. The molecule has 0 aliphatic carbocycles. The van der Waals surface area contributed by atoms with Crippen molar-refractivity contribution in [3.05, 3.63) is 193 Å². The molecule has 0 atom stereocenters. The van der Waals surface area contributed by atoms with Crippen molar-refractivity contribution in [2.75, 3.05) is 0 Å². The zero-order valence-electron chi connectivity index (χ0n) is 35.0. The molecule has 3 aliphatic heterocycles. The van der Waals surface area contributed by atoms with E-state index >= 15 is 0 Å². The molecule has 13 aromatic rings. The summed E-state index contributed by atoms with van der Waals surface area (Å²) in [4.78, 5) is 10.8. The van der Waals surface area contributed by atoms with Gasteiger partial charge in [0.1, 0.15) is 22.8 Å². The van der Waals surface area contributed by atoms with E-state index in [1.54, 1.807) is 0 Å². The first-order valence-corrected chi connectivity index (χ1v) is 22.5. The van der Waals surface area contributed by atoms with Gasteiger partial charge in [-0.2, -0.15) is 0 Å². The highest BCUT2D eigenvalue weighted by molar-refractivity contribution is 6.25. The molecule has 16 rings (SSSR count). The molecule has 6 heteroatoms. The third kappa shape index (κ3) is 4.38. The fourth-order valence-corrected chi connectivity index (χ4v) is 12.1. The predicted octanol–water partition coefficient (Wildman–Crippen LogP) is 14.5. The summed E-state index contributed by atoms with van der Waals surface area (Å²) in [6.45, 7) is 2.34. The van der Waals surface area contributed by atoms with Gasteiger partial charge in [0.25, 0.3) is 0 Å². The fraction of sp³-hybridized carbons (Fsp3) is 0.0508. The van der Waals surface area contributed by atoms with Crippen molar-refractivity contribution < 1.29 is 4.42 Å². The van der Waals surface area contributed by atoms with Gasteiger partial charge in [-0.25, -0.2) is 9.97 Å². The number of furan rings is 1. The number of nitrogens with zero attached hydrogens (tertiary/aromatic N) is 5. The van der Waals surface area contributed by atoms with Crippen molar-refractivity contribution in [3.8, 4) is 67.3 Å². The molecule has 0 saturated heterocycles. The predicted molar refractivity (Wildman–Crippen MR) is 263 cm³/mol. The number of hydrogen-bond acceptors (Lipinski definition) is 3. The van der Waals surface area contributed by atoms with Crippen LogP contribution >= 0.6 is 0 Å². The largest absolute Gasteiger partial charge is 0.456 e. The Morgan fingerprint density at radius 3 is 1.69 bits per heavy atom. The van der Waals surface area contributed by atoms with Gasteiger partial charge in [-0.1, -0.05) is 158 Å². The first kappa shape index (κ1) is 34.1. The Kier molecular flexibility index (Phi) is 6.37. The van der Waals surface area contributed by atoms with Gasteiger partial charge in [-0.15, -0.1) is 0 Å². The molecule has 65 heavy (non-hydrogen) atoms. The van der Waals surface area contributed by atoms with Gasteiger partial charge >= 0.3 is 0 Å². The average Bonchev–Trinajstić information content (AvgIpc) is 4.12. The molecule has 3 aliphatic rings. The van der Waals surface area contributed by atoms with Crippen molar-refractivity contribution in [3.63, 3.8) is 0 Å². The topological polar surface area (TPSA) is 53.7 Å². The number of imidazole rings is 2. The number of benzene rings is 9. The highest BCUT2D eigenvalue weighted by Crippen LogP contribution is 2.52. The van der Waals surface area contributed by atoms with E-state index in [1.165, 1.54) is 94.0 Å². The van der Waals surface area contributed by atoms with Gasteiger partial charge < -0.3 is 18.1 Å². The van der Waals surface area contributed by atoms with E-state index in [0.29, 0.717) is 0 Å². The summed E-state index contributed by atoms with van der Waals surface area (Å²) in [5.41, 5.74) is 25.0. The average molecular weight is 830 g/mol. The quantitative estimate of drug-likeness (QED) is 0.178. The van der Waals surface area contributed by atoms with Gasteiger partial charge in [0.15, 0.2) is 0 Å². The Labute approximate surface area is 371 Å². The van der Waals surface area contributed by atoms with Crippen LogP contribution in [0.5, 0.6) is 0 Å². The molecule has 0 saturated carbocycles. The number of rotatable bonds is 3. The highest BCUT2D eigenvalue weighted by atomic mass is 16.3. The highest BCUT2D eigenvalue weighted by Gasteiger charge is 2.32. The third-order valence-corrected chi connectivity index (χ3v) is 14.7. The molecule has 0 fully saturated rings. The summed E-state index contributed by atoms with van der Waals surface area (Å²) in [6.07, 6.45) is 0. The first-order valence-electron chi connectivity index (χ1n) is 22.5. The molecule has 302 valence electrons. The summed E-state index contributed by atoms with van der Waals surface area (Å²) in [5.74, 6) is 1.99. The molecule has 0 amide bonds. The van der Waals surface area contributed by atoms with Crippen molar-refractivity contribution in [2.45, 2.75) is 19.6 Å². The van der Waals surface area contributed by atoms with Crippen LogP contribution < -0.4 is 0 Å². The van der Waals surface area contributed by atoms with Crippen molar-refractivity contribution in [2.24, 2.45) is 0 Å². The van der Waals surface area contributed by atoms with Crippen molar-refractivity contribution >= 4 is 65.8 Å². The maximum Gasteiger partial charge on any atom is 0.141 e. The van der Waals surface area contributed by atoms with Crippen LogP contribution in [0.3, 0.4) is 0 Å². The van der Waals surface area contributed by atoms with Gasteiger partial charge in [0, 0.05) is 62.0 Å². The van der Waals surface area contributed by atoms with Crippen molar-refractivity contribution in [1.29, 1.82) is 0 Å². The lowest BCUT2D eigenvalue weighted by Gasteiger charge is -2.24. The Morgan fingerprint density at radius 2 is 0.923 bits per heavy atom. The molecule has 0 unspecified atom stereocenters. The van der Waals surface area contributed by atoms with Crippen LogP contribution in [-0.2, 0) is 19.6 Å². The molecule has 6 nitrogen and oxygen atoms in total. The van der Waals surface area contributed by atoms with E-state index in [9.17, 15) is 0 Å². The summed E-state index contributed by atoms with van der Waals surface area (Å²) < 4.78 is 13.9. The molecule has 0 spiro atoms. The minimum absolute atomic E-state index is 0.761. The van der Waals surface area contributed by atoms with Crippen LogP contribution in [0.25, 0.3) is 133 Å². The molecule has 7 heterocycles. The summed E-state index contributed by atoms with van der Waals surface area (Å²) in [6, 6.07) is 64.1. The smallest absolute Gasteiger partial charge is 0.141 e.